The highest BCUT2D eigenvalue weighted by molar-refractivity contribution is 5.92. The predicted octanol–water partition coefficient (Wildman–Crippen LogP) is 1.21. The summed E-state index contributed by atoms with van der Waals surface area (Å²) in [5.41, 5.74) is 6.87. The van der Waals surface area contributed by atoms with E-state index in [9.17, 15) is 9.59 Å². The minimum Gasteiger partial charge on any atom is -0.367 e. The molecule has 0 aromatic heterocycles. The Morgan fingerprint density at radius 3 is 2.72 bits per heavy atom. The van der Waals surface area contributed by atoms with Crippen molar-refractivity contribution in [2.75, 3.05) is 11.9 Å². The second kappa shape index (κ2) is 6.76. The quantitative estimate of drug-likeness (QED) is 0.796. The fourth-order valence-electron chi connectivity index (χ4n) is 1.50. The molecule has 18 heavy (non-hydrogen) atoms. The van der Waals surface area contributed by atoms with E-state index in [0.29, 0.717) is 12.1 Å². The summed E-state index contributed by atoms with van der Waals surface area (Å²) in [7, 11) is 0. The lowest BCUT2D eigenvalue weighted by atomic mass is 10.2. The molecule has 0 radical (unpaired) electrons. The van der Waals surface area contributed by atoms with Crippen molar-refractivity contribution in [1.29, 1.82) is 0 Å². The molecule has 0 saturated carbocycles. The maximum Gasteiger partial charge on any atom is 0.250 e. The zero-order chi connectivity index (χ0) is 13.5. The van der Waals surface area contributed by atoms with Gasteiger partial charge in [0.2, 0.25) is 11.8 Å². The zero-order valence-electron chi connectivity index (χ0n) is 10.6. The Bertz CT molecular complexity index is 432. The third-order valence-electron chi connectivity index (χ3n) is 2.41. The van der Waals surface area contributed by atoms with Crippen molar-refractivity contribution >= 4 is 17.5 Å². The molecule has 3 N–H and O–H groups in total. The van der Waals surface area contributed by atoms with Crippen LogP contribution in [0.5, 0.6) is 0 Å². The summed E-state index contributed by atoms with van der Waals surface area (Å²) in [4.78, 5) is 22.5. The molecular formula is C13H18N2O3. The van der Waals surface area contributed by atoms with Gasteiger partial charge in [0.05, 0.1) is 0 Å². The molecule has 1 aromatic carbocycles. The summed E-state index contributed by atoms with van der Waals surface area (Å²) >= 11 is 0. The van der Waals surface area contributed by atoms with Crippen molar-refractivity contribution in [3.05, 3.63) is 29.8 Å². The summed E-state index contributed by atoms with van der Waals surface area (Å²) in [5.74, 6) is -0.860. The minimum absolute atomic E-state index is 0.185. The number of hydrogen-bond donors (Lipinski definition) is 2. The molecule has 5 heteroatoms. The maximum absolute atomic E-state index is 11.6. The standard InChI is InChI=1S/C13H18N2O3/c1-3-11(13(14)17)18-8-12(16)15-10-6-4-5-9(2)7-10/h4-7,11H,3,8H2,1-2H3,(H2,14,17)(H,15,16). The predicted molar refractivity (Wildman–Crippen MR) is 69.0 cm³/mol. The lowest BCUT2D eigenvalue weighted by molar-refractivity contribution is -0.133. The van der Waals surface area contributed by atoms with Crippen LogP contribution in [0.25, 0.3) is 0 Å². The zero-order valence-corrected chi connectivity index (χ0v) is 10.6. The third-order valence-corrected chi connectivity index (χ3v) is 2.41. The molecule has 0 aliphatic heterocycles. The van der Waals surface area contributed by atoms with Gasteiger partial charge in [0.15, 0.2) is 0 Å². The first-order valence-electron chi connectivity index (χ1n) is 5.80. The first kappa shape index (κ1) is 14.2. The third kappa shape index (κ3) is 4.55. The molecule has 5 nitrogen and oxygen atoms in total. The van der Waals surface area contributed by atoms with Crippen LogP contribution in [0, 0.1) is 6.92 Å². The molecule has 0 aliphatic rings. The monoisotopic (exact) mass is 250 g/mol. The number of nitrogens with one attached hydrogen (secondary N) is 1. The molecule has 98 valence electrons. The fourth-order valence-corrected chi connectivity index (χ4v) is 1.50. The van der Waals surface area contributed by atoms with Crippen molar-refractivity contribution in [3.8, 4) is 0 Å². The molecule has 0 saturated heterocycles. The van der Waals surface area contributed by atoms with Crippen LogP contribution >= 0.6 is 0 Å². The Morgan fingerprint density at radius 1 is 1.44 bits per heavy atom. The molecule has 1 rings (SSSR count). The number of benzene rings is 1. The van der Waals surface area contributed by atoms with Crippen molar-refractivity contribution in [2.24, 2.45) is 5.73 Å². The van der Waals surface area contributed by atoms with Crippen LogP contribution in [0.4, 0.5) is 5.69 Å². The molecular weight excluding hydrogens is 232 g/mol. The van der Waals surface area contributed by atoms with Crippen LogP contribution in [0.1, 0.15) is 18.9 Å². The number of anilines is 1. The highest BCUT2D eigenvalue weighted by Gasteiger charge is 2.14. The summed E-state index contributed by atoms with van der Waals surface area (Å²) in [6.45, 7) is 3.52. The van der Waals surface area contributed by atoms with Gasteiger partial charge in [0.1, 0.15) is 12.7 Å². The number of rotatable bonds is 6. The molecule has 0 heterocycles. The molecule has 0 spiro atoms. The largest absolute Gasteiger partial charge is 0.367 e. The van der Waals surface area contributed by atoms with Crippen molar-refractivity contribution in [3.63, 3.8) is 0 Å². The van der Waals surface area contributed by atoms with E-state index in [1.165, 1.54) is 0 Å². The molecule has 0 aliphatic carbocycles. The highest BCUT2D eigenvalue weighted by Crippen LogP contribution is 2.09. The van der Waals surface area contributed by atoms with Crippen LogP contribution in [0.3, 0.4) is 0 Å². The first-order valence-corrected chi connectivity index (χ1v) is 5.80. The maximum atomic E-state index is 11.6. The van der Waals surface area contributed by atoms with E-state index in [-0.39, 0.29) is 12.5 Å². The Labute approximate surface area is 106 Å². The second-order valence-corrected chi connectivity index (χ2v) is 4.03. The van der Waals surface area contributed by atoms with Gasteiger partial charge in [-0.15, -0.1) is 0 Å². The average Bonchev–Trinajstić information content (AvgIpc) is 2.29. The first-order chi connectivity index (χ1) is 8.52. The van der Waals surface area contributed by atoms with Gasteiger partial charge in [0.25, 0.3) is 0 Å². The average molecular weight is 250 g/mol. The number of carbonyl (C=O) groups is 2. The van der Waals surface area contributed by atoms with Gasteiger partial charge in [-0.1, -0.05) is 19.1 Å². The summed E-state index contributed by atoms with van der Waals surface area (Å²) < 4.78 is 5.13. The topological polar surface area (TPSA) is 81.4 Å². The number of ether oxygens (including phenoxy) is 1. The van der Waals surface area contributed by atoms with E-state index in [4.69, 9.17) is 10.5 Å². The highest BCUT2D eigenvalue weighted by atomic mass is 16.5. The van der Waals surface area contributed by atoms with Gasteiger partial charge in [0, 0.05) is 5.69 Å². The minimum atomic E-state index is -0.715. The van der Waals surface area contributed by atoms with Crippen molar-refractivity contribution < 1.29 is 14.3 Å². The summed E-state index contributed by atoms with van der Waals surface area (Å²) in [5, 5.41) is 2.69. The van der Waals surface area contributed by atoms with Crippen molar-refractivity contribution in [2.45, 2.75) is 26.4 Å². The Balaban J connectivity index is 2.45. The van der Waals surface area contributed by atoms with E-state index in [1.807, 2.05) is 25.1 Å². The molecule has 0 fully saturated rings. The van der Waals surface area contributed by atoms with Crippen molar-refractivity contribution in [1.82, 2.24) is 0 Å². The van der Waals surface area contributed by atoms with Gasteiger partial charge in [-0.2, -0.15) is 0 Å². The van der Waals surface area contributed by atoms with Gasteiger partial charge in [-0.3, -0.25) is 9.59 Å². The molecule has 1 unspecified atom stereocenters. The number of nitrogens with two attached hydrogens (primary N) is 1. The Hall–Kier alpha value is -1.88. The molecule has 0 bridgehead atoms. The number of aryl methyl sites for hydroxylation is 1. The van der Waals surface area contributed by atoms with Gasteiger partial charge >= 0.3 is 0 Å². The Morgan fingerprint density at radius 2 is 2.17 bits per heavy atom. The molecule has 1 aromatic rings. The lowest BCUT2D eigenvalue weighted by Crippen LogP contribution is -2.33. The smallest absolute Gasteiger partial charge is 0.250 e. The second-order valence-electron chi connectivity index (χ2n) is 4.03. The van der Waals surface area contributed by atoms with Crippen LogP contribution in [0.2, 0.25) is 0 Å². The van der Waals surface area contributed by atoms with E-state index >= 15 is 0 Å². The van der Waals surface area contributed by atoms with Gasteiger partial charge < -0.3 is 15.8 Å². The van der Waals surface area contributed by atoms with E-state index < -0.39 is 12.0 Å². The molecule has 1 atom stereocenters. The number of amides is 2. The summed E-state index contributed by atoms with van der Waals surface area (Å²) in [6, 6.07) is 7.43. The van der Waals surface area contributed by atoms with E-state index in [0.717, 1.165) is 5.56 Å². The van der Waals surface area contributed by atoms with Gasteiger partial charge in [-0.25, -0.2) is 0 Å². The van der Waals surface area contributed by atoms with E-state index in [1.54, 1.807) is 13.0 Å². The van der Waals surface area contributed by atoms with Crippen LogP contribution in [0.15, 0.2) is 24.3 Å². The SMILES string of the molecule is CCC(OCC(=O)Nc1cccc(C)c1)C(N)=O. The van der Waals surface area contributed by atoms with Crippen LogP contribution in [-0.4, -0.2) is 24.5 Å². The number of carbonyl (C=O) groups excluding carboxylic acids is 2. The van der Waals surface area contributed by atoms with Crippen LogP contribution in [-0.2, 0) is 14.3 Å². The normalized spacial score (nSPS) is 11.9. The van der Waals surface area contributed by atoms with Crippen LogP contribution < -0.4 is 11.1 Å². The number of hydrogen-bond acceptors (Lipinski definition) is 3. The fraction of sp³-hybridized carbons (Fsp3) is 0.385. The van der Waals surface area contributed by atoms with E-state index in [2.05, 4.69) is 5.32 Å². The Kier molecular flexibility index (Phi) is 5.32. The molecule has 2 amide bonds. The summed E-state index contributed by atoms with van der Waals surface area (Å²) in [6.07, 6.45) is -0.263. The number of primary amides is 1. The van der Waals surface area contributed by atoms with Gasteiger partial charge in [-0.05, 0) is 31.0 Å². The lowest BCUT2D eigenvalue weighted by Gasteiger charge is -2.12.